The standard InChI is InChI=1S/C11H10N2O2/c14-9-3-1-8(2-4-9)13-11-6-5-10(15)7-12-11/h1-7,14-15H,(H,12,13). The topological polar surface area (TPSA) is 65.4 Å². The molecule has 3 N–H and O–H groups in total. The summed E-state index contributed by atoms with van der Waals surface area (Å²) in [7, 11) is 0. The average Bonchev–Trinajstić information content (AvgIpc) is 2.25. The summed E-state index contributed by atoms with van der Waals surface area (Å²) in [5.41, 5.74) is 0.825. The van der Waals surface area contributed by atoms with E-state index in [0.29, 0.717) is 5.82 Å². The summed E-state index contributed by atoms with van der Waals surface area (Å²) in [5.74, 6) is 0.990. The second-order valence-corrected chi connectivity index (χ2v) is 3.07. The zero-order valence-electron chi connectivity index (χ0n) is 7.88. The van der Waals surface area contributed by atoms with Gasteiger partial charge >= 0.3 is 0 Å². The highest BCUT2D eigenvalue weighted by molar-refractivity contribution is 5.57. The van der Waals surface area contributed by atoms with Gasteiger partial charge in [-0.2, -0.15) is 0 Å². The fourth-order valence-electron chi connectivity index (χ4n) is 1.15. The van der Waals surface area contributed by atoms with Crippen LogP contribution in [0.15, 0.2) is 42.6 Å². The quantitative estimate of drug-likeness (QED) is 0.653. The number of hydrogen-bond acceptors (Lipinski definition) is 4. The highest BCUT2D eigenvalue weighted by atomic mass is 16.3. The molecule has 0 spiro atoms. The van der Waals surface area contributed by atoms with Gasteiger partial charge in [0.1, 0.15) is 17.3 Å². The largest absolute Gasteiger partial charge is 0.508 e. The number of anilines is 2. The lowest BCUT2D eigenvalue weighted by molar-refractivity contribution is 0.473. The van der Waals surface area contributed by atoms with E-state index in [1.807, 2.05) is 0 Å². The number of benzene rings is 1. The van der Waals surface area contributed by atoms with Crippen LogP contribution in [0.2, 0.25) is 0 Å². The predicted molar refractivity (Wildman–Crippen MR) is 57.3 cm³/mol. The van der Waals surface area contributed by atoms with E-state index in [0.717, 1.165) is 5.69 Å². The molecule has 0 unspecified atom stereocenters. The van der Waals surface area contributed by atoms with Gasteiger partial charge < -0.3 is 15.5 Å². The Morgan fingerprint density at radius 1 is 0.867 bits per heavy atom. The second-order valence-electron chi connectivity index (χ2n) is 3.07. The molecule has 4 heteroatoms. The molecule has 76 valence electrons. The summed E-state index contributed by atoms with van der Waals surface area (Å²) in [6.45, 7) is 0. The number of pyridine rings is 1. The van der Waals surface area contributed by atoms with Gasteiger partial charge in [0.15, 0.2) is 0 Å². The Labute approximate surface area is 86.8 Å². The van der Waals surface area contributed by atoms with Gasteiger partial charge in [-0.05, 0) is 36.4 Å². The van der Waals surface area contributed by atoms with Gasteiger partial charge in [-0.25, -0.2) is 4.98 Å². The third-order valence-corrected chi connectivity index (χ3v) is 1.89. The number of aromatic nitrogens is 1. The molecule has 0 saturated carbocycles. The maximum Gasteiger partial charge on any atom is 0.134 e. The van der Waals surface area contributed by atoms with Gasteiger partial charge in [-0.1, -0.05) is 0 Å². The first-order valence-electron chi connectivity index (χ1n) is 4.45. The fourth-order valence-corrected chi connectivity index (χ4v) is 1.15. The number of aromatic hydroxyl groups is 2. The minimum Gasteiger partial charge on any atom is -0.508 e. The van der Waals surface area contributed by atoms with Crippen molar-refractivity contribution in [3.05, 3.63) is 42.6 Å². The first-order valence-corrected chi connectivity index (χ1v) is 4.45. The SMILES string of the molecule is Oc1ccc(Nc2ccc(O)cn2)cc1. The van der Waals surface area contributed by atoms with Gasteiger partial charge in [0.05, 0.1) is 6.20 Å². The zero-order valence-corrected chi connectivity index (χ0v) is 7.88. The summed E-state index contributed by atoms with van der Waals surface area (Å²) < 4.78 is 0. The second kappa shape index (κ2) is 3.88. The highest BCUT2D eigenvalue weighted by Crippen LogP contribution is 2.18. The molecule has 0 bridgehead atoms. The van der Waals surface area contributed by atoms with Crippen LogP contribution in [0.1, 0.15) is 0 Å². The molecule has 0 saturated heterocycles. The molecule has 1 aromatic heterocycles. The van der Waals surface area contributed by atoms with Crippen molar-refractivity contribution in [3.63, 3.8) is 0 Å². The van der Waals surface area contributed by atoms with Gasteiger partial charge in [0, 0.05) is 5.69 Å². The normalized spacial score (nSPS) is 9.87. The monoisotopic (exact) mass is 202 g/mol. The first kappa shape index (κ1) is 9.33. The molecule has 0 radical (unpaired) electrons. The molecule has 0 fully saturated rings. The van der Waals surface area contributed by atoms with E-state index in [-0.39, 0.29) is 11.5 Å². The van der Waals surface area contributed by atoms with Gasteiger partial charge in [0.2, 0.25) is 0 Å². The summed E-state index contributed by atoms with van der Waals surface area (Å²) in [6, 6.07) is 9.87. The van der Waals surface area contributed by atoms with Crippen LogP contribution in [-0.2, 0) is 0 Å². The molecular formula is C11H10N2O2. The lowest BCUT2D eigenvalue weighted by atomic mass is 10.3. The lowest BCUT2D eigenvalue weighted by Crippen LogP contribution is -1.91. The van der Waals surface area contributed by atoms with Crippen molar-refractivity contribution in [2.75, 3.05) is 5.32 Å². The van der Waals surface area contributed by atoms with E-state index in [1.165, 1.54) is 6.20 Å². The number of phenols is 1. The number of rotatable bonds is 2. The minimum atomic E-state index is 0.131. The molecule has 0 aliphatic carbocycles. The molecule has 4 nitrogen and oxygen atoms in total. The molecule has 0 atom stereocenters. The van der Waals surface area contributed by atoms with Gasteiger partial charge in [0.25, 0.3) is 0 Å². The first-order chi connectivity index (χ1) is 7.24. The van der Waals surface area contributed by atoms with E-state index >= 15 is 0 Å². The number of phenolic OH excluding ortho intramolecular Hbond substituents is 1. The van der Waals surface area contributed by atoms with Crippen molar-refractivity contribution in [1.82, 2.24) is 4.98 Å². The Morgan fingerprint density at radius 2 is 1.53 bits per heavy atom. The van der Waals surface area contributed by atoms with Crippen molar-refractivity contribution >= 4 is 11.5 Å². The van der Waals surface area contributed by atoms with Crippen molar-refractivity contribution in [3.8, 4) is 11.5 Å². The third-order valence-electron chi connectivity index (χ3n) is 1.89. The van der Waals surface area contributed by atoms with Crippen LogP contribution >= 0.6 is 0 Å². The molecule has 1 aromatic carbocycles. The Bertz CT molecular complexity index is 394. The molecule has 1 heterocycles. The lowest BCUT2D eigenvalue weighted by Gasteiger charge is -2.04. The average molecular weight is 202 g/mol. The van der Waals surface area contributed by atoms with Gasteiger partial charge in [-0.15, -0.1) is 0 Å². The van der Waals surface area contributed by atoms with Crippen LogP contribution < -0.4 is 5.32 Å². The van der Waals surface area contributed by atoms with Crippen LogP contribution in [0.25, 0.3) is 0 Å². The fraction of sp³-hybridized carbons (Fsp3) is 0. The molecule has 0 amide bonds. The van der Waals surface area contributed by atoms with Crippen LogP contribution in [0.5, 0.6) is 11.5 Å². The van der Waals surface area contributed by atoms with Crippen molar-refractivity contribution in [2.45, 2.75) is 0 Å². The Balaban J connectivity index is 2.15. The van der Waals surface area contributed by atoms with E-state index in [9.17, 15) is 0 Å². The van der Waals surface area contributed by atoms with E-state index in [4.69, 9.17) is 10.2 Å². The predicted octanol–water partition coefficient (Wildman–Crippen LogP) is 2.24. The zero-order chi connectivity index (χ0) is 10.7. The number of nitrogens with zero attached hydrogens (tertiary/aromatic N) is 1. The summed E-state index contributed by atoms with van der Waals surface area (Å²) in [5, 5.41) is 21.1. The summed E-state index contributed by atoms with van der Waals surface area (Å²) in [6.07, 6.45) is 1.36. The number of hydrogen-bond donors (Lipinski definition) is 3. The third kappa shape index (κ3) is 2.37. The Hall–Kier alpha value is -2.23. The molecule has 2 rings (SSSR count). The Morgan fingerprint density at radius 3 is 2.13 bits per heavy atom. The van der Waals surface area contributed by atoms with Crippen molar-refractivity contribution in [1.29, 1.82) is 0 Å². The van der Waals surface area contributed by atoms with E-state index in [1.54, 1.807) is 36.4 Å². The summed E-state index contributed by atoms with van der Waals surface area (Å²) >= 11 is 0. The Kier molecular flexibility index (Phi) is 2.41. The maximum absolute atomic E-state index is 9.08. The molecular weight excluding hydrogens is 192 g/mol. The maximum atomic E-state index is 9.08. The van der Waals surface area contributed by atoms with Gasteiger partial charge in [-0.3, -0.25) is 0 Å². The molecule has 2 aromatic rings. The van der Waals surface area contributed by atoms with Crippen LogP contribution in [0, 0.1) is 0 Å². The highest BCUT2D eigenvalue weighted by Gasteiger charge is 1.96. The van der Waals surface area contributed by atoms with Crippen molar-refractivity contribution < 1.29 is 10.2 Å². The molecule has 0 aliphatic rings. The van der Waals surface area contributed by atoms with Crippen molar-refractivity contribution in [2.24, 2.45) is 0 Å². The number of nitrogens with one attached hydrogen (secondary N) is 1. The molecule has 15 heavy (non-hydrogen) atoms. The smallest absolute Gasteiger partial charge is 0.134 e. The van der Waals surface area contributed by atoms with E-state index < -0.39 is 0 Å². The van der Waals surface area contributed by atoms with E-state index in [2.05, 4.69) is 10.3 Å². The van der Waals surface area contributed by atoms with Crippen LogP contribution in [-0.4, -0.2) is 15.2 Å². The van der Waals surface area contributed by atoms with Crippen LogP contribution in [0.3, 0.4) is 0 Å². The minimum absolute atomic E-state index is 0.131. The van der Waals surface area contributed by atoms with Crippen LogP contribution in [0.4, 0.5) is 11.5 Å². The molecule has 0 aliphatic heterocycles. The summed E-state index contributed by atoms with van der Waals surface area (Å²) in [4.78, 5) is 3.97.